The van der Waals surface area contributed by atoms with Crippen LogP contribution >= 0.6 is 0 Å². The van der Waals surface area contributed by atoms with Crippen LogP contribution in [0, 0.1) is 12.7 Å². The Morgan fingerprint density at radius 1 is 1.24 bits per heavy atom. The van der Waals surface area contributed by atoms with Crippen LogP contribution < -0.4 is 5.32 Å². The van der Waals surface area contributed by atoms with Gasteiger partial charge in [0.2, 0.25) is 0 Å². The summed E-state index contributed by atoms with van der Waals surface area (Å²) in [5, 5.41) is 6.87. The maximum Gasteiger partial charge on any atom is 0.269 e. The number of aromatic nitrogens is 4. The van der Waals surface area contributed by atoms with Gasteiger partial charge in [0.15, 0.2) is 0 Å². The molecule has 0 unspecified atom stereocenters. The van der Waals surface area contributed by atoms with Gasteiger partial charge in [-0.1, -0.05) is 12.1 Å². The van der Waals surface area contributed by atoms with E-state index in [4.69, 9.17) is 0 Å². The van der Waals surface area contributed by atoms with Gasteiger partial charge in [0.05, 0.1) is 0 Å². The smallest absolute Gasteiger partial charge is 0.269 e. The molecule has 2 aromatic heterocycles. The molecular weight excluding hydrogens is 321 g/mol. The fourth-order valence-corrected chi connectivity index (χ4v) is 2.67. The number of carbonyl (C=O) groups excluding carboxylic acids is 1. The Bertz CT molecular complexity index is 866. The van der Waals surface area contributed by atoms with Crippen LogP contribution in [-0.2, 0) is 20.0 Å². The normalized spacial score (nSPS) is 10.8. The van der Waals surface area contributed by atoms with E-state index in [0.29, 0.717) is 25.2 Å². The molecule has 0 radical (unpaired) electrons. The Morgan fingerprint density at radius 2 is 2.00 bits per heavy atom. The van der Waals surface area contributed by atoms with Gasteiger partial charge in [0.1, 0.15) is 17.3 Å². The molecule has 3 aromatic rings. The summed E-state index contributed by atoms with van der Waals surface area (Å²) in [4.78, 5) is 16.5. The van der Waals surface area contributed by atoms with E-state index < -0.39 is 0 Å². The first kappa shape index (κ1) is 16.9. The second-order valence-corrected chi connectivity index (χ2v) is 5.87. The molecule has 0 saturated heterocycles. The predicted molar refractivity (Wildman–Crippen MR) is 91.7 cm³/mol. The standard InChI is InChI=1S/C18H20FN5O/c1-13-11-21-17(24(13)12-14-3-5-15(19)6-4-14)8-9-20-18(25)16-7-10-22-23(16)2/h3-7,10-11H,8-9,12H2,1-2H3,(H,20,25). The molecular formula is C18H20FN5O. The fraction of sp³-hybridized carbons (Fsp3) is 0.278. The highest BCUT2D eigenvalue weighted by atomic mass is 19.1. The van der Waals surface area contributed by atoms with Crippen LogP contribution in [0.5, 0.6) is 0 Å². The van der Waals surface area contributed by atoms with Crippen molar-refractivity contribution < 1.29 is 9.18 Å². The van der Waals surface area contributed by atoms with Gasteiger partial charge in [0, 0.05) is 44.6 Å². The predicted octanol–water partition coefficient (Wildman–Crippen LogP) is 2.08. The van der Waals surface area contributed by atoms with Gasteiger partial charge in [0.25, 0.3) is 5.91 Å². The molecule has 3 rings (SSSR count). The lowest BCUT2D eigenvalue weighted by atomic mass is 10.2. The monoisotopic (exact) mass is 341 g/mol. The highest BCUT2D eigenvalue weighted by Crippen LogP contribution is 2.11. The molecule has 0 aliphatic heterocycles. The van der Waals surface area contributed by atoms with Crippen LogP contribution in [0.1, 0.15) is 27.6 Å². The number of carbonyl (C=O) groups is 1. The number of benzene rings is 1. The summed E-state index contributed by atoms with van der Waals surface area (Å²) in [7, 11) is 1.73. The van der Waals surface area contributed by atoms with Crippen molar-refractivity contribution >= 4 is 5.91 Å². The van der Waals surface area contributed by atoms with Gasteiger partial charge in [-0.2, -0.15) is 5.10 Å². The third-order valence-electron chi connectivity index (χ3n) is 4.08. The van der Waals surface area contributed by atoms with Gasteiger partial charge in [-0.25, -0.2) is 9.37 Å². The molecule has 7 heteroatoms. The summed E-state index contributed by atoms with van der Waals surface area (Å²) in [6.07, 6.45) is 4.01. The molecule has 0 bridgehead atoms. The summed E-state index contributed by atoms with van der Waals surface area (Å²) in [5.74, 6) is 0.477. The number of hydrogen-bond acceptors (Lipinski definition) is 3. The van der Waals surface area contributed by atoms with Gasteiger partial charge in [-0.15, -0.1) is 0 Å². The van der Waals surface area contributed by atoms with Gasteiger partial charge >= 0.3 is 0 Å². The summed E-state index contributed by atoms with van der Waals surface area (Å²) >= 11 is 0. The largest absolute Gasteiger partial charge is 0.350 e. The van der Waals surface area contributed by atoms with Gasteiger partial charge in [-0.3, -0.25) is 9.48 Å². The Labute approximate surface area is 145 Å². The number of aryl methyl sites for hydroxylation is 2. The van der Waals surface area contributed by atoms with E-state index in [9.17, 15) is 9.18 Å². The maximum atomic E-state index is 13.0. The van der Waals surface area contributed by atoms with E-state index in [0.717, 1.165) is 17.1 Å². The van der Waals surface area contributed by atoms with Crippen molar-refractivity contribution in [1.29, 1.82) is 0 Å². The van der Waals surface area contributed by atoms with Crippen LogP contribution in [0.2, 0.25) is 0 Å². The lowest BCUT2D eigenvalue weighted by Gasteiger charge is -2.11. The van der Waals surface area contributed by atoms with Gasteiger partial charge < -0.3 is 9.88 Å². The Hall–Kier alpha value is -2.96. The second kappa shape index (κ2) is 7.29. The molecule has 2 heterocycles. The first-order chi connectivity index (χ1) is 12.0. The molecule has 130 valence electrons. The van der Waals surface area contributed by atoms with Crippen molar-refractivity contribution in [3.8, 4) is 0 Å². The molecule has 0 aliphatic rings. The molecule has 1 aromatic carbocycles. The quantitative estimate of drug-likeness (QED) is 0.747. The average Bonchev–Trinajstić information content (AvgIpc) is 3.17. The van der Waals surface area contributed by atoms with Crippen LogP contribution in [0.4, 0.5) is 4.39 Å². The lowest BCUT2D eigenvalue weighted by molar-refractivity contribution is 0.0944. The molecule has 0 atom stereocenters. The van der Waals surface area contributed by atoms with Crippen molar-refractivity contribution in [1.82, 2.24) is 24.6 Å². The number of nitrogens with zero attached hydrogens (tertiary/aromatic N) is 4. The zero-order valence-corrected chi connectivity index (χ0v) is 14.2. The summed E-state index contributed by atoms with van der Waals surface area (Å²) in [6.45, 7) is 3.08. The minimum Gasteiger partial charge on any atom is -0.350 e. The molecule has 6 nitrogen and oxygen atoms in total. The summed E-state index contributed by atoms with van der Waals surface area (Å²) in [5.41, 5.74) is 2.55. The average molecular weight is 341 g/mol. The van der Waals surface area contributed by atoms with Crippen LogP contribution in [0.25, 0.3) is 0 Å². The van der Waals surface area contributed by atoms with Crippen molar-refractivity contribution in [2.75, 3.05) is 6.54 Å². The van der Waals surface area contributed by atoms with E-state index in [-0.39, 0.29) is 11.7 Å². The zero-order chi connectivity index (χ0) is 17.8. The minimum atomic E-state index is -0.246. The van der Waals surface area contributed by atoms with Crippen molar-refractivity contribution in [3.05, 3.63) is 71.3 Å². The Morgan fingerprint density at radius 3 is 2.68 bits per heavy atom. The highest BCUT2D eigenvalue weighted by molar-refractivity contribution is 5.92. The maximum absolute atomic E-state index is 13.0. The number of imidazole rings is 1. The third-order valence-corrected chi connectivity index (χ3v) is 4.08. The van der Waals surface area contributed by atoms with E-state index in [1.807, 2.05) is 13.1 Å². The number of rotatable bonds is 6. The van der Waals surface area contributed by atoms with E-state index in [2.05, 4.69) is 20.0 Å². The Kier molecular flexibility index (Phi) is 4.92. The summed E-state index contributed by atoms with van der Waals surface area (Å²) < 4.78 is 16.7. The van der Waals surface area contributed by atoms with E-state index in [1.54, 1.807) is 31.4 Å². The fourth-order valence-electron chi connectivity index (χ4n) is 2.67. The topological polar surface area (TPSA) is 64.7 Å². The second-order valence-electron chi connectivity index (χ2n) is 5.87. The lowest BCUT2D eigenvalue weighted by Crippen LogP contribution is -2.28. The van der Waals surface area contributed by atoms with Crippen LogP contribution in [-0.4, -0.2) is 31.8 Å². The van der Waals surface area contributed by atoms with Crippen LogP contribution in [0.15, 0.2) is 42.7 Å². The molecule has 1 N–H and O–H groups in total. The first-order valence-corrected chi connectivity index (χ1v) is 8.06. The molecule has 0 aliphatic carbocycles. The zero-order valence-electron chi connectivity index (χ0n) is 14.2. The molecule has 0 fully saturated rings. The number of hydrogen-bond donors (Lipinski definition) is 1. The SMILES string of the molecule is Cc1cnc(CCNC(=O)c2ccnn2C)n1Cc1ccc(F)cc1. The molecule has 0 spiro atoms. The molecule has 25 heavy (non-hydrogen) atoms. The van der Waals surface area contributed by atoms with Crippen molar-refractivity contribution in [3.63, 3.8) is 0 Å². The Balaban J connectivity index is 1.62. The van der Waals surface area contributed by atoms with E-state index in [1.165, 1.54) is 16.8 Å². The summed E-state index contributed by atoms with van der Waals surface area (Å²) in [6, 6.07) is 8.12. The van der Waals surface area contributed by atoms with Crippen molar-refractivity contribution in [2.24, 2.45) is 7.05 Å². The number of halogens is 1. The molecule has 0 saturated carbocycles. The highest BCUT2D eigenvalue weighted by Gasteiger charge is 2.11. The number of nitrogens with one attached hydrogen (secondary N) is 1. The third kappa shape index (κ3) is 3.93. The number of amides is 1. The van der Waals surface area contributed by atoms with Crippen LogP contribution in [0.3, 0.4) is 0 Å². The molecule has 1 amide bonds. The minimum absolute atomic E-state index is 0.159. The van der Waals surface area contributed by atoms with Crippen molar-refractivity contribution in [2.45, 2.75) is 19.9 Å². The van der Waals surface area contributed by atoms with Gasteiger partial charge in [-0.05, 0) is 30.7 Å². The van der Waals surface area contributed by atoms with E-state index >= 15 is 0 Å². The first-order valence-electron chi connectivity index (χ1n) is 8.06.